The SMILES string of the molecule is Nc1ncnc2c3c(n(-c4ccc(NC(=O)Cc5ccc(Cl)cc5)cc4)c12)CCC3. The standard InChI is InChI=1S/C23H20ClN5O/c24-15-6-4-14(5-7-15)12-20(30)28-16-8-10-17(11-9-16)29-19-3-1-2-18(19)21-22(29)23(25)27-13-26-21/h4-11,13H,1-3,12H2,(H,28,30)(H2,25,26,27). The van der Waals surface area contributed by atoms with Crippen LogP contribution >= 0.6 is 11.6 Å². The number of carbonyl (C=O) groups excluding carboxylic acids is 1. The minimum atomic E-state index is -0.0741. The van der Waals surface area contributed by atoms with Gasteiger partial charge in [0.1, 0.15) is 11.8 Å². The van der Waals surface area contributed by atoms with Crippen molar-refractivity contribution in [1.29, 1.82) is 0 Å². The molecule has 1 amide bonds. The van der Waals surface area contributed by atoms with Gasteiger partial charge >= 0.3 is 0 Å². The van der Waals surface area contributed by atoms with Crippen LogP contribution in [0, 0.1) is 0 Å². The van der Waals surface area contributed by atoms with Crippen molar-refractivity contribution in [3.63, 3.8) is 0 Å². The molecule has 0 radical (unpaired) electrons. The first kappa shape index (κ1) is 18.6. The second-order valence-electron chi connectivity index (χ2n) is 7.47. The smallest absolute Gasteiger partial charge is 0.228 e. The zero-order valence-corrected chi connectivity index (χ0v) is 17.0. The number of halogens is 1. The number of nitrogens with zero attached hydrogens (tertiary/aromatic N) is 3. The minimum absolute atomic E-state index is 0.0741. The largest absolute Gasteiger partial charge is 0.382 e. The summed E-state index contributed by atoms with van der Waals surface area (Å²) in [5.41, 5.74) is 13.2. The molecule has 2 aromatic carbocycles. The molecule has 0 saturated heterocycles. The van der Waals surface area contributed by atoms with Crippen LogP contribution in [0.15, 0.2) is 54.9 Å². The molecule has 7 heteroatoms. The first-order chi connectivity index (χ1) is 14.6. The lowest BCUT2D eigenvalue weighted by Gasteiger charge is -2.12. The van der Waals surface area contributed by atoms with E-state index in [1.807, 2.05) is 36.4 Å². The Hall–Kier alpha value is -3.38. The number of benzene rings is 2. The minimum Gasteiger partial charge on any atom is -0.382 e. The average Bonchev–Trinajstić information content (AvgIpc) is 3.32. The van der Waals surface area contributed by atoms with Gasteiger partial charge in [-0.1, -0.05) is 23.7 Å². The average molecular weight is 418 g/mol. The fraction of sp³-hybridized carbons (Fsp3) is 0.174. The van der Waals surface area contributed by atoms with E-state index in [-0.39, 0.29) is 5.91 Å². The Morgan fingerprint density at radius 3 is 2.60 bits per heavy atom. The fourth-order valence-corrected chi connectivity index (χ4v) is 4.30. The number of aromatic nitrogens is 3. The third-order valence-corrected chi connectivity index (χ3v) is 5.76. The quantitative estimate of drug-likeness (QED) is 0.517. The van der Waals surface area contributed by atoms with Gasteiger partial charge in [0.2, 0.25) is 5.91 Å². The maximum Gasteiger partial charge on any atom is 0.228 e. The van der Waals surface area contributed by atoms with E-state index in [1.54, 1.807) is 12.1 Å². The molecular formula is C23H20ClN5O. The maximum atomic E-state index is 12.4. The Balaban J connectivity index is 1.41. The summed E-state index contributed by atoms with van der Waals surface area (Å²) in [4.78, 5) is 21.0. The lowest BCUT2D eigenvalue weighted by molar-refractivity contribution is -0.115. The van der Waals surface area contributed by atoms with Gasteiger partial charge in [-0.3, -0.25) is 4.79 Å². The number of hydrogen-bond acceptors (Lipinski definition) is 4. The predicted octanol–water partition coefficient (Wildman–Crippen LogP) is 4.33. The summed E-state index contributed by atoms with van der Waals surface area (Å²) in [6, 6.07) is 15.1. The number of aryl methyl sites for hydroxylation is 1. The number of fused-ring (bicyclic) bond motifs is 3. The van der Waals surface area contributed by atoms with Crippen LogP contribution in [-0.2, 0) is 24.1 Å². The van der Waals surface area contributed by atoms with E-state index in [9.17, 15) is 4.79 Å². The van der Waals surface area contributed by atoms with Crippen molar-refractivity contribution in [2.45, 2.75) is 25.7 Å². The fourth-order valence-electron chi connectivity index (χ4n) is 4.17. The number of nitrogens with two attached hydrogens (primary N) is 1. The Bertz CT molecular complexity index is 1250. The van der Waals surface area contributed by atoms with Crippen LogP contribution in [0.1, 0.15) is 23.2 Å². The van der Waals surface area contributed by atoms with Crippen LogP contribution < -0.4 is 11.1 Å². The molecule has 3 N–H and O–H groups in total. The highest BCUT2D eigenvalue weighted by Gasteiger charge is 2.25. The highest BCUT2D eigenvalue weighted by Crippen LogP contribution is 2.36. The van der Waals surface area contributed by atoms with Crippen LogP contribution in [0.4, 0.5) is 11.5 Å². The second kappa shape index (κ2) is 7.46. The molecular weight excluding hydrogens is 398 g/mol. The molecule has 30 heavy (non-hydrogen) atoms. The van der Waals surface area contributed by atoms with Crippen molar-refractivity contribution in [2.75, 3.05) is 11.1 Å². The summed E-state index contributed by atoms with van der Waals surface area (Å²) in [6.07, 6.45) is 4.94. The Labute approximate surface area is 178 Å². The highest BCUT2D eigenvalue weighted by molar-refractivity contribution is 6.30. The molecule has 5 rings (SSSR count). The molecule has 1 aliphatic carbocycles. The Kier molecular flexibility index (Phi) is 4.64. The molecule has 0 atom stereocenters. The molecule has 0 spiro atoms. The third kappa shape index (κ3) is 3.29. The maximum absolute atomic E-state index is 12.4. The second-order valence-corrected chi connectivity index (χ2v) is 7.91. The lowest BCUT2D eigenvalue weighted by Crippen LogP contribution is -2.14. The van der Waals surface area contributed by atoms with Crippen LogP contribution in [0.25, 0.3) is 16.7 Å². The normalized spacial score (nSPS) is 12.8. The predicted molar refractivity (Wildman–Crippen MR) is 119 cm³/mol. The van der Waals surface area contributed by atoms with Crippen LogP contribution in [0.5, 0.6) is 0 Å². The van der Waals surface area contributed by atoms with E-state index in [1.165, 1.54) is 17.6 Å². The number of carbonyl (C=O) groups is 1. The molecule has 2 heterocycles. The van der Waals surface area contributed by atoms with Crippen molar-refractivity contribution in [3.05, 3.63) is 76.7 Å². The van der Waals surface area contributed by atoms with Gasteiger partial charge in [0.25, 0.3) is 0 Å². The summed E-state index contributed by atoms with van der Waals surface area (Å²) < 4.78 is 2.16. The van der Waals surface area contributed by atoms with Crippen LogP contribution in [0.2, 0.25) is 5.02 Å². The molecule has 6 nitrogen and oxygen atoms in total. The highest BCUT2D eigenvalue weighted by atomic mass is 35.5. The van der Waals surface area contributed by atoms with Gasteiger partial charge in [-0.2, -0.15) is 0 Å². The van der Waals surface area contributed by atoms with Gasteiger partial charge in [0.15, 0.2) is 5.82 Å². The van der Waals surface area contributed by atoms with Crippen molar-refractivity contribution >= 4 is 40.0 Å². The molecule has 0 unspecified atom stereocenters. The van der Waals surface area contributed by atoms with Gasteiger partial charge < -0.3 is 15.6 Å². The summed E-state index contributed by atoms with van der Waals surface area (Å²) in [5, 5.41) is 3.61. The van der Waals surface area contributed by atoms with Gasteiger partial charge in [-0.15, -0.1) is 0 Å². The monoisotopic (exact) mass is 417 g/mol. The van der Waals surface area contributed by atoms with E-state index in [0.717, 1.165) is 47.2 Å². The summed E-state index contributed by atoms with van der Waals surface area (Å²) >= 11 is 5.90. The third-order valence-electron chi connectivity index (χ3n) is 5.51. The van der Waals surface area contributed by atoms with E-state index in [2.05, 4.69) is 19.9 Å². The zero-order chi connectivity index (χ0) is 20.7. The summed E-state index contributed by atoms with van der Waals surface area (Å²) in [7, 11) is 0. The molecule has 0 saturated carbocycles. The van der Waals surface area contributed by atoms with Gasteiger partial charge in [-0.25, -0.2) is 9.97 Å². The van der Waals surface area contributed by atoms with E-state index in [0.29, 0.717) is 17.3 Å². The number of nitrogen functional groups attached to an aromatic ring is 1. The molecule has 0 fully saturated rings. The molecule has 1 aliphatic rings. The zero-order valence-electron chi connectivity index (χ0n) is 16.2. The van der Waals surface area contributed by atoms with Crippen molar-refractivity contribution in [1.82, 2.24) is 14.5 Å². The van der Waals surface area contributed by atoms with Gasteiger partial charge in [0.05, 0.1) is 11.9 Å². The van der Waals surface area contributed by atoms with Crippen molar-refractivity contribution < 1.29 is 4.79 Å². The topological polar surface area (TPSA) is 85.8 Å². The van der Waals surface area contributed by atoms with E-state index >= 15 is 0 Å². The molecule has 0 aliphatic heterocycles. The van der Waals surface area contributed by atoms with Gasteiger partial charge in [-0.05, 0) is 66.8 Å². The first-order valence-electron chi connectivity index (χ1n) is 9.87. The van der Waals surface area contributed by atoms with Crippen molar-refractivity contribution in [3.8, 4) is 5.69 Å². The lowest BCUT2D eigenvalue weighted by atomic mass is 10.1. The molecule has 0 bridgehead atoms. The van der Waals surface area contributed by atoms with Crippen molar-refractivity contribution in [2.24, 2.45) is 0 Å². The van der Waals surface area contributed by atoms with Crippen LogP contribution in [0.3, 0.4) is 0 Å². The summed E-state index contributed by atoms with van der Waals surface area (Å²) in [6.45, 7) is 0. The first-order valence-corrected chi connectivity index (χ1v) is 10.3. The number of anilines is 2. The number of nitrogens with one attached hydrogen (secondary N) is 1. The molecule has 150 valence electrons. The van der Waals surface area contributed by atoms with Crippen LogP contribution in [-0.4, -0.2) is 20.4 Å². The Morgan fingerprint density at radius 1 is 1.07 bits per heavy atom. The van der Waals surface area contributed by atoms with E-state index < -0.39 is 0 Å². The molecule has 2 aromatic heterocycles. The molecule has 4 aromatic rings. The number of hydrogen-bond donors (Lipinski definition) is 2. The summed E-state index contributed by atoms with van der Waals surface area (Å²) in [5.74, 6) is 0.407. The van der Waals surface area contributed by atoms with E-state index in [4.69, 9.17) is 17.3 Å². The van der Waals surface area contributed by atoms with Gasteiger partial charge in [0, 0.05) is 22.1 Å². The Morgan fingerprint density at radius 2 is 1.83 bits per heavy atom. The number of amides is 1. The number of rotatable bonds is 4.